The molecule has 5 heteroatoms. The first-order chi connectivity index (χ1) is 9.65. The van der Waals surface area contributed by atoms with E-state index >= 15 is 0 Å². The number of para-hydroxylation sites is 1. The Morgan fingerprint density at radius 3 is 2.85 bits per heavy atom. The zero-order valence-electron chi connectivity index (χ0n) is 11.6. The topological polar surface area (TPSA) is 61.4 Å². The van der Waals surface area contributed by atoms with Crippen LogP contribution in [0.1, 0.15) is 24.3 Å². The number of anilines is 1. The Balaban J connectivity index is 1.62. The summed E-state index contributed by atoms with van der Waals surface area (Å²) in [6.07, 6.45) is 2.12. The number of hydrogen-bond donors (Lipinski definition) is 2. The van der Waals surface area contributed by atoms with Crippen LogP contribution >= 0.6 is 0 Å². The lowest BCUT2D eigenvalue weighted by atomic mass is 10.00. The molecule has 1 aromatic carbocycles. The van der Waals surface area contributed by atoms with Crippen LogP contribution in [0.2, 0.25) is 0 Å². The van der Waals surface area contributed by atoms with Crippen molar-refractivity contribution in [3.63, 3.8) is 0 Å². The molecule has 2 N–H and O–H groups in total. The van der Waals surface area contributed by atoms with Crippen molar-refractivity contribution in [2.24, 2.45) is 0 Å². The van der Waals surface area contributed by atoms with Crippen molar-refractivity contribution >= 4 is 17.5 Å². The first kappa shape index (κ1) is 13.0. The van der Waals surface area contributed by atoms with Gasteiger partial charge >= 0.3 is 0 Å². The first-order valence-corrected chi connectivity index (χ1v) is 7.02. The van der Waals surface area contributed by atoms with Gasteiger partial charge in [0.15, 0.2) is 0 Å². The minimum Gasteiger partial charge on any atom is -0.384 e. The molecule has 1 unspecified atom stereocenters. The maximum Gasteiger partial charge on any atom is 0.239 e. The molecule has 1 fully saturated rings. The largest absolute Gasteiger partial charge is 0.384 e. The van der Waals surface area contributed by atoms with Gasteiger partial charge in [-0.2, -0.15) is 0 Å². The highest BCUT2D eigenvalue weighted by Crippen LogP contribution is 2.32. The minimum atomic E-state index is -0.190. The number of amides is 2. The Hall–Kier alpha value is -2.04. The van der Waals surface area contributed by atoms with Crippen LogP contribution in [0, 0.1) is 0 Å². The molecular formula is C15H19N3O2. The Bertz CT molecular complexity index is 540. The summed E-state index contributed by atoms with van der Waals surface area (Å²) in [5.41, 5.74) is 2.04. The number of carbonyl (C=O) groups is 2. The summed E-state index contributed by atoms with van der Waals surface area (Å²) in [6.45, 7) is 0.737. The van der Waals surface area contributed by atoms with Crippen molar-refractivity contribution in [1.82, 2.24) is 10.2 Å². The van der Waals surface area contributed by atoms with Crippen LogP contribution in [-0.4, -0.2) is 42.9 Å². The molecule has 106 valence electrons. The zero-order chi connectivity index (χ0) is 14.1. The van der Waals surface area contributed by atoms with Crippen molar-refractivity contribution in [2.45, 2.75) is 24.8 Å². The van der Waals surface area contributed by atoms with Crippen LogP contribution in [0.5, 0.6) is 0 Å². The lowest BCUT2D eigenvalue weighted by Crippen LogP contribution is -2.41. The van der Waals surface area contributed by atoms with Crippen molar-refractivity contribution in [3.05, 3.63) is 29.8 Å². The lowest BCUT2D eigenvalue weighted by molar-refractivity contribution is -0.135. The highest BCUT2D eigenvalue weighted by Gasteiger charge is 2.31. The van der Waals surface area contributed by atoms with Gasteiger partial charge in [-0.1, -0.05) is 18.2 Å². The summed E-state index contributed by atoms with van der Waals surface area (Å²) in [6, 6.07) is 8.16. The Morgan fingerprint density at radius 1 is 1.35 bits per heavy atom. The van der Waals surface area contributed by atoms with Gasteiger partial charge in [0.25, 0.3) is 0 Å². The number of fused-ring (bicyclic) bond motifs is 1. The summed E-state index contributed by atoms with van der Waals surface area (Å²) >= 11 is 0. The fourth-order valence-corrected chi connectivity index (χ4v) is 2.56. The quantitative estimate of drug-likeness (QED) is 0.858. The number of nitrogens with zero attached hydrogens (tertiary/aromatic N) is 1. The second-order valence-corrected chi connectivity index (χ2v) is 5.56. The number of nitrogens with one attached hydrogen (secondary N) is 2. The normalized spacial score (nSPS) is 19.9. The molecule has 2 aliphatic rings. The van der Waals surface area contributed by atoms with Crippen molar-refractivity contribution in [2.75, 3.05) is 25.5 Å². The molecule has 20 heavy (non-hydrogen) atoms. The van der Waals surface area contributed by atoms with Gasteiger partial charge in [-0.15, -0.1) is 0 Å². The van der Waals surface area contributed by atoms with Crippen molar-refractivity contribution in [3.8, 4) is 0 Å². The SMILES string of the molecule is CN(CC(=O)NC1CC1)C(=O)C1CNc2ccccc21. The van der Waals surface area contributed by atoms with E-state index in [-0.39, 0.29) is 24.3 Å². The third kappa shape index (κ3) is 2.61. The molecule has 1 atom stereocenters. The van der Waals surface area contributed by atoms with Gasteiger partial charge in [-0.05, 0) is 24.5 Å². The summed E-state index contributed by atoms with van der Waals surface area (Å²) in [5, 5.41) is 6.13. The third-order valence-electron chi connectivity index (χ3n) is 3.83. The second-order valence-electron chi connectivity index (χ2n) is 5.56. The minimum absolute atomic E-state index is 0.00611. The number of rotatable bonds is 4. The van der Waals surface area contributed by atoms with Gasteiger partial charge in [0, 0.05) is 25.3 Å². The summed E-state index contributed by atoms with van der Waals surface area (Å²) in [5.74, 6) is -0.263. The molecular weight excluding hydrogens is 254 g/mol. The van der Waals surface area contributed by atoms with Gasteiger partial charge in [0.05, 0.1) is 12.5 Å². The molecule has 0 spiro atoms. The molecule has 2 amide bonds. The van der Waals surface area contributed by atoms with E-state index in [9.17, 15) is 9.59 Å². The van der Waals surface area contributed by atoms with Gasteiger partial charge < -0.3 is 15.5 Å². The maximum absolute atomic E-state index is 12.5. The fraction of sp³-hybridized carbons (Fsp3) is 0.467. The average Bonchev–Trinajstić information content (AvgIpc) is 3.14. The molecule has 0 saturated heterocycles. The van der Waals surface area contributed by atoms with Crippen LogP contribution < -0.4 is 10.6 Å². The van der Waals surface area contributed by atoms with Gasteiger partial charge in [0.2, 0.25) is 11.8 Å². The molecule has 1 aromatic rings. The van der Waals surface area contributed by atoms with Crippen LogP contribution in [0.4, 0.5) is 5.69 Å². The molecule has 3 rings (SSSR count). The number of benzene rings is 1. The highest BCUT2D eigenvalue weighted by molar-refractivity contribution is 5.91. The van der Waals surface area contributed by atoms with E-state index in [2.05, 4.69) is 10.6 Å². The Kier molecular flexibility index (Phi) is 3.34. The van der Waals surface area contributed by atoms with Gasteiger partial charge in [-0.3, -0.25) is 9.59 Å². The predicted molar refractivity (Wildman–Crippen MR) is 76.5 cm³/mol. The summed E-state index contributed by atoms with van der Waals surface area (Å²) in [4.78, 5) is 25.7. The third-order valence-corrected chi connectivity index (χ3v) is 3.83. The lowest BCUT2D eigenvalue weighted by Gasteiger charge is -2.20. The van der Waals surface area contributed by atoms with Crippen molar-refractivity contribution in [1.29, 1.82) is 0 Å². The Morgan fingerprint density at radius 2 is 2.10 bits per heavy atom. The highest BCUT2D eigenvalue weighted by atomic mass is 16.2. The zero-order valence-corrected chi connectivity index (χ0v) is 11.6. The number of carbonyl (C=O) groups excluding carboxylic acids is 2. The van der Waals surface area contributed by atoms with Crippen LogP contribution in [0.3, 0.4) is 0 Å². The van der Waals surface area contributed by atoms with E-state index in [1.54, 1.807) is 7.05 Å². The van der Waals surface area contributed by atoms with E-state index in [0.717, 1.165) is 24.1 Å². The van der Waals surface area contributed by atoms with Crippen LogP contribution in [0.25, 0.3) is 0 Å². The van der Waals surface area contributed by atoms with E-state index in [1.165, 1.54) is 4.90 Å². The second kappa shape index (κ2) is 5.15. The molecule has 1 heterocycles. The van der Waals surface area contributed by atoms with Gasteiger partial charge in [0.1, 0.15) is 0 Å². The van der Waals surface area contributed by atoms with Crippen LogP contribution in [0.15, 0.2) is 24.3 Å². The number of likely N-dealkylation sites (N-methyl/N-ethyl adjacent to an activating group) is 1. The van der Waals surface area contributed by atoms with Crippen LogP contribution in [-0.2, 0) is 9.59 Å². The molecule has 0 radical (unpaired) electrons. The summed E-state index contributed by atoms with van der Waals surface area (Å²) in [7, 11) is 1.69. The van der Waals surface area contributed by atoms with E-state index in [4.69, 9.17) is 0 Å². The van der Waals surface area contributed by atoms with E-state index in [1.807, 2.05) is 24.3 Å². The monoisotopic (exact) mass is 273 g/mol. The first-order valence-electron chi connectivity index (χ1n) is 7.02. The smallest absolute Gasteiger partial charge is 0.239 e. The molecule has 5 nitrogen and oxygen atoms in total. The van der Waals surface area contributed by atoms with Gasteiger partial charge in [-0.25, -0.2) is 0 Å². The predicted octanol–water partition coefficient (Wildman–Crippen LogP) is 0.933. The number of hydrogen-bond acceptors (Lipinski definition) is 3. The molecule has 0 bridgehead atoms. The Labute approximate surface area is 118 Å². The molecule has 0 aromatic heterocycles. The van der Waals surface area contributed by atoms with Crippen molar-refractivity contribution < 1.29 is 9.59 Å². The summed E-state index contributed by atoms with van der Waals surface area (Å²) < 4.78 is 0. The molecule has 1 aliphatic carbocycles. The fourth-order valence-electron chi connectivity index (χ4n) is 2.56. The standard InChI is InChI=1S/C15H19N3O2/c1-18(9-14(19)17-10-6-7-10)15(20)12-8-16-13-5-3-2-4-11(12)13/h2-5,10,12,16H,6-9H2,1H3,(H,17,19). The van der Waals surface area contributed by atoms with E-state index in [0.29, 0.717) is 12.6 Å². The molecule has 1 saturated carbocycles. The average molecular weight is 273 g/mol. The molecule has 1 aliphatic heterocycles. The van der Waals surface area contributed by atoms with E-state index < -0.39 is 0 Å². The maximum atomic E-state index is 12.5.